The number of hydrogen-bond donors (Lipinski definition) is 2. The lowest BCUT2D eigenvalue weighted by molar-refractivity contribution is -0.121. The smallest absolute Gasteiger partial charge is 0.253 e. The fraction of sp³-hybridized carbons (Fsp3) is 0.440. The van der Waals surface area contributed by atoms with Gasteiger partial charge in [-0.1, -0.05) is 24.3 Å². The molecule has 0 aliphatic carbocycles. The number of ether oxygens (including phenoxy) is 1. The average Bonchev–Trinajstić information content (AvgIpc) is 2.73. The third kappa shape index (κ3) is 6.56. The predicted octanol–water partition coefficient (Wildman–Crippen LogP) is 4.07. The van der Waals surface area contributed by atoms with Gasteiger partial charge in [0, 0.05) is 18.0 Å². The van der Waals surface area contributed by atoms with Crippen molar-refractivity contribution < 1.29 is 14.3 Å². The number of para-hydroxylation sites is 1. The number of carbonyl (C=O) groups is 2. The predicted molar refractivity (Wildman–Crippen MR) is 123 cm³/mol. The molecule has 1 heterocycles. The second kappa shape index (κ2) is 9.96. The van der Waals surface area contributed by atoms with Crippen LogP contribution in [0.25, 0.3) is 0 Å². The van der Waals surface area contributed by atoms with Gasteiger partial charge in [0.05, 0.1) is 18.4 Å². The van der Waals surface area contributed by atoms with Crippen LogP contribution in [-0.2, 0) is 11.3 Å². The molecule has 2 N–H and O–H groups in total. The molecule has 1 saturated heterocycles. The topological polar surface area (TPSA) is 70.7 Å². The van der Waals surface area contributed by atoms with Crippen LogP contribution < -0.4 is 15.4 Å². The zero-order valence-corrected chi connectivity index (χ0v) is 18.9. The monoisotopic (exact) mass is 423 g/mol. The van der Waals surface area contributed by atoms with Crippen molar-refractivity contribution in [2.24, 2.45) is 5.92 Å². The molecule has 2 aromatic carbocycles. The van der Waals surface area contributed by atoms with Gasteiger partial charge in [0.15, 0.2) is 0 Å². The van der Waals surface area contributed by atoms with E-state index in [-0.39, 0.29) is 23.3 Å². The van der Waals surface area contributed by atoms with Crippen molar-refractivity contribution in [2.75, 3.05) is 25.5 Å². The summed E-state index contributed by atoms with van der Waals surface area (Å²) in [6, 6.07) is 15.3. The first-order valence-electron chi connectivity index (χ1n) is 10.8. The Balaban J connectivity index is 1.56. The fourth-order valence-corrected chi connectivity index (χ4v) is 3.82. The molecule has 1 aliphatic rings. The molecule has 31 heavy (non-hydrogen) atoms. The van der Waals surface area contributed by atoms with E-state index in [0.29, 0.717) is 11.3 Å². The van der Waals surface area contributed by atoms with Crippen LogP contribution in [0.5, 0.6) is 5.75 Å². The van der Waals surface area contributed by atoms with Gasteiger partial charge in [0.2, 0.25) is 5.91 Å². The molecule has 1 fully saturated rings. The van der Waals surface area contributed by atoms with Gasteiger partial charge in [-0.05, 0) is 76.5 Å². The summed E-state index contributed by atoms with van der Waals surface area (Å²) in [5.41, 5.74) is 1.92. The van der Waals surface area contributed by atoms with E-state index in [1.165, 1.54) is 5.56 Å². The Kier molecular flexibility index (Phi) is 7.33. The summed E-state index contributed by atoms with van der Waals surface area (Å²) in [6.45, 7) is 8.38. The normalized spacial score (nSPS) is 15.4. The average molecular weight is 424 g/mol. The molecule has 0 spiro atoms. The van der Waals surface area contributed by atoms with Gasteiger partial charge < -0.3 is 15.4 Å². The highest BCUT2D eigenvalue weighted by molar-refractivity contribution is 6.04. The van der Waals surface area contributed by atoms with Gasteiger partial charge in [-0.25, -0.2) is 0 Å². The van der Waals surface area contributed by atoms with Gasteiger partial charge in [-0.2, -0.15) is 0 Å². The maximum atomic E-state index is 12.9. The number of hydrogen-bond acceptors (Lipinski definition) is 4. The van der Waals surface area contributed by atoms with Gasteiger partial charge in [0.25, 0.3) is 5.91 Å². The minimum absolute atomic E-state index is 0.0166. The summed E-state index contributed by atoms with van der Waals surface area (Å²) < 4.78 is 5.30. The lowest BCUT2D eigenvalue weighted by atomic mass is 9.95. The lowest BCUT2D eigenvalue weighted by Crippen LogP contribution is -2.41. The standard InChI is InChI=1S/C25H33N3O3/c1-25(2,3)27-24(30)21-10-5-6-11-22(21)26-23(29)19-12-14-28(15-13-19)17-18-8-7-9-20(16-18)31-4/h5-11,16,19H,12-15,17H2,1-4H3,(H,26,29)(H,27,30). The molecule has 6 nitrogen and oxygen atoms in total. The van der Waals surface area contributed by atoms with E-state index in [9.17, 15) is 9.59 Å². The van der Waals surface area contributed by atoms with Gasteiger partial charge in [-0.3, -0.25) is 14.5 Å². The largest absolute Gasteiger partial charge is 0.497 e. The highest BCUT2D eigenvalue weighted by Gasteiger charge is 2.26. The Morgan fingerprint density at radius 1 is 1.06 bits per heavy atom. The first-order valence-corrected chi connectivity index (χ1v) is 10.8. The summed E-state index contributed by atoms with van der Waals surface area (Å²) in [4.78, 5) is 27.9. The van der Waals surface area contributed by atoms with Crippen LogP contribution in [0.15, 0.2) is 48.5 Å². The number of rotatable bonds is 6. The molecule has 2 aromatic rings. The Hall–Kier alpha value is -2.86. The molecule has 6 heteroatoms. The second-order valence-electron chi connectivity index (χ2n) is 9.14. The molecule has 3 rings (SSSR count). The van der Waals surface area contributed by atoms with Crippen LogP contribution in [0.4, 0.5) is 5.69 Å². The zero-order valence-electron chi connectivity index (χ0n) is 18.9. The van der Waals surface area contributed by atoms with Gasteiger partial charge in [-0.15, -0.1) is 0 Å². The van der Waals surface area contributed by atoms with E-state index >= 15 is 0 Å². The molecule has 0 bridgehead atoms. The van der Waals surface area contributed by atoms with Crippen molar-refractivity contribution in [1.29, 1.82) is 0 Å². The molecule has 166 valence electrons. The van der Waals surface area contributed by atoms with Crippen LogP contribution in [0.1, 0.15) is 49.5 Å². The summed E-state index contributed by atoms with van der Waals surface area (Å²) in [7, 11) is 1.67. The molecular formula is C25H33N3O3. The van der Waals surface area contributed by atoms with Crippen LogP contribution in [0, 0.1) is 5.92 Å². The van der Waals surface area contributed by atoms with Crippen molar-refractivity contribution in [3.05, 3.63) is 59.7 Å². The fourth-order valence-electron chi connectivity index (χ4n) is 3.82. The molecule has 2 amide bonds. The highest BCUT2D eigenvalue weighted by atomic mass is 16.5. The minimum atomic E-state index is -0.343. The number of likely N-dealkylation sites (tertiary alicyclic amines) is 1. The third-order valence-corrected chi connectivity index (χ3v) is 5.42. The molecule has 0 aromatic heterocycles. The molecule has 0 saturated carbocycles. The number of piperidine rings is 1. The quantitative estimate of drug-likeness (QED) is 0.735. The number of nitrogens with one attached hydrogen (secondary N) is 2. The first-order chi connectivity index (χ1) is 14.7. The summed E-state index contributed by atoms with van der Waals surface area (Å²) in [5, 5.41) is 5.95. The van der Waals surface area contributed by atoms with Crippen LogP contribution in [-0.4, -0.2) is 42.5 Å². The highest BCUT2D eigenvalue weighted by Crippen LogP contribution is 2.23. The molecule has 1 aliphatic heterocycles. The van der Waals surface area contributed by atoms with Gasteiger partial charge >= 0.3 is 0 Å². The third-order valence-electron chi connectivity index (χ3n) is 5.42. The van der Waals surface area contributed by atoms with Crippen molar-refractivity contribution in [1.82, 2.24) is 10.2 Å². The lowest BCUT2D eigenvalue weighted by Gasteiger charge is -2.31. The zero-order chi connectivity index (χ0) is 22.4. The Bertz CT molecular complexity index is 912. The summed E-state index contributed by atoms with van der Waals surface area (Å²) in [6.07, 6.45) is 1.60. The van der Waals surface area contributed by atoms with E-state index in [2.05, 4.69) is 27.7 Å². The van der Waals surface area contributed by atoms with Gasteiger partial charge in [0.1, 0.15) is 5.75 Å². The van der Waals surface area contributed by atoms with Crippen molar-refractivity contribution in [3.8, 4) is 5.75 Å². The maximum absolute atomic E-state index is 12.9. The molecular weight excluding hydrogens is 390 g/mol. The second-order valence-corrected chi connectivity index (χ2v) is 9.14. The molecule has 0 radical (unpaired) electrons. The first kappa shape index (κ1) is 22.8. The molecule has 0 unspecified atom stereocenters. The van der Waals surface area contributed by atoms with Crippen LogP contribution in [0.2, 0.25) is 0 Å². The number of benzene rings is 2. The number of methoxy groups -OCH3 is 1. The summed E-state index contributed by atoms with van der Waals surface area (Å²) >= 11 is 0. The SMILES string of the molecule is COc1cccc(CN2CCC(C(=O)Nc3ccccc3C(=O)NC(C)(C)C)CC2)c1. The Labute approximate surface area is 185 Å². The van der Waals surface area contributed by atoms with Crippen molar-refractivity contribution in [2.45, 2.75) is 45.7 Å². The van der Waals surface area contributed by atoms with Crippen molar-refractivity contribution >= 4 is 17.5 Å². The number of anilines is 1. The Morgan fingerprint density at radius 2 is 1.77 bits per heavy atom. The van der Waals surface area contributed by atoms with E-state index in [1.54, 1.807) is 19.2 Å². The Morgan fingerprint density at radius 3 is 2.45 bits per heavy atom. The van der Waals surface area contributed by atoms with Crippen LogP contribution in [0.3, 0.4) is 0 Å². The van der Waals surface area contributed by atoms with E-state index < -0.39 is 0 Å². The number of nitrogens with zero attached hydrogens (tertiary/aromatic N) is 1. The summed E-state index contributed by atoms with van der Waals surface area (Å²) in [5.74, 6) is 0.606. The maximum Gasteiger partial charge on any atom is 0.253 e. The molecule has 0 atom stereocenters. The van der Waals surface area contributed by atoms with Crippen LogP contribution >= 0.6 is 0 Å². The van der Waals surface area contributed by atoms with E-state index in [0.717, 1.165) is 38.2 Å². The van der Waals surface area contributed by atoms with Crippen molar-refractivity contribution in [3.63, 3.8) is 0 Å². The number of carbonyl (C=O) groups excluding carboxylic acids is 2. The van der Waals surface area contributed by atoms with E-state index in [4.69, 9.17) is 4.74 Å². The van der Waals surface area contributed by atoms with E-state index in [1.807, 2.05) is 45.0 Å². The minimum Gasteiger partial charge on any atom is -0.497 e. The number of amides is 2.